The van der Waals surface area contributed by atoms with Gasteiger partial charge in [-0.15, -0.1) is 0 Å². The summed E-state index contributed by atoms with van der Waals surface area (Å²) in [4.78, 5) is 36.3. The second-order valence-electron chi connectivity index (χ2n) is 7.13. The molecule has 0 aromatic heterocycles. The summed E-state index contributed by atoms with van der Waals surface area (Å²) in [5, 5.41) is 12.0. The first-order valence-corrected chi connectivity index (χ1v) is 8.33. The van der Waals surface area contributed by atoms with Crippen LogP contribution in [0.3, 0.4) is 0 Å². The molecule has 0 saturated carbocycles. The molecule has 0 aromatic carbocycles. The number of rotatable bonds is 8. The van der Waals surface area contributed by atoms with Gasteiger partial charge in [0.2, 0.25) is 5.91 Å². The first kappa shape index (κ1) is 20.2. The number of ether oxygens (including phenoxy) is 1. The van der Waals surface area contributed by atoms with E-state index < -0.39 is 23.7 Å². The monoisotopic (exact) mass is 343 g/mol. The molecule has 1 fully saturated rings. The molecule has 0 spiro atoms. The van der Waals surface area contributed by atoms with Crippen LogP contribution >= 0.6 is 0 Å². The summed E-state index contributed by atoms with van der Waals surface area (Å²) < 4.78 is 5.11. The number of carboxylic acid groups (broad SMARTS) is 1. The van der Waals surface area contributed by atoms with Crippen LogP contribution in [0.25, 0.3) is 0 Å². The molecule has 1 saturated heterocycles. The van der Waals surface area contributed by atoms with Gasteiger partial charge in [-0.1, -0.05) is 0 Å². The molecule has 2 atom stereocenters. The number of carbonyl (C=O) groups excluding carboxylic acids is 2. The maximum Gasteiger partial charge on any atom is 0.407 e. The van der Waals surface area contributed by atoms with E-state index in [1.807, 2.05) is 0 Å². The number of hydrogen-bond donors (Lipinski definition) is 3. The number of amides is 2. The van der Waals surface area contributed by atoms with Crippen molar-refractivity contribution in [3.05, 3.63) is 0 Å². The van der Waals surface area contributed by atoms with Crippen LogP contribution in [0.2, 0.25) is 0 Å². The molecule has 8 nitrogen and oxygen atoms in total. The standard InChI is InChI=1S/C16H29N3O5/c1-16(2,3)24-15(23)18-7-5-4-6-12(14(21)22)19-10-11(9-17)8-13(19)20/h11-12H,4-10,17H2,1-3H3,(H,18,23)(H,21,22)/t11?,12-/m0/s1. The zero-order valence-electron chi connectivity index (χ0n) is 14.7. The Morgan fingerprint density at radius 2 is 2.08 bits per heavy atom. The molecule has 1 rings (SSSR count). The van der Waals surface area contributed by atoms with Gasteiger partial charge in [-0.3, -0.25) is 4.79 Å². The lowest BCUT2D eigenvalue weighted by atomic mass is 10.1. The van der Waals surface area contributed by atoms with Gasteiger partial charge in [-0.2, -0.15) is 0 Å². The highest BCUT2D eigenvalue weighted by Gasteiger charge is 2.36. The van der Waals surface area contributed by atoms with E-state index in [9.17, 15) is 19.5 Å². The Labute approximate surface area is 142 Å². The predicted molar refractivity (Wildman–Crippen MR) is 88.4 cm³/mol. The van der Waals surface area contributed by atoms with E-state index in [0.717, 1.165) is 0 Å². The van der Waals surface area contributed by atoms with Gasteiger partial charge in [0.05, 0.1) is 0 Å². The Morgan fingerprint density at radius 1 is 1.42 bits per heavy atom. The summed E-state index contributed by atoms with van der Waals surface area (Å²) in [7, 11) is 0. The van der Waals surface area contributed by atoms with Gasteiger partial charge in [0.25, 0.3) is 0 Å². The maximum absolute atomic E-state index is 11.9. The molecule has 8 heteroatoms. The summed E-state index contributed by atoms with van der Waals surface area (Å²) >= 11 is 0. The maximum atomic E-state index is 11.9. The fraction of sp³-hybridized carbons (Fsp3) is 0.812. The number of likely N-dealkylation sites (tertiary alicyclic amines) is 1. The second kappa shape index (κ2) is 8.86. The summed E-state index contributed by atoms with van der Waals surface area (Å²) in [6.07, 6.45) is 1.39. The predicted octanol–water partition coefficient (Wildman–Crippen LogP) is 0.942. The highest BCUT2D eigenvalue weighted by molar-refractivity contribution is 5.85. The van der Waals surface area contributed by atoms with E-state index in [4.69, 9.17) is 10.5 Å². The number of carboxylic acids is 1. The summed E-state index contributed by atoms with van der Waals surface area (Å²) in [6, 6.07) is -0.824. The lowest BCUT2D eigenvalue weighted by molar-refractivity contribution is -0.148. The summed E-state index contributed by atoms with van der Waals surface area (Å²) in [5.74, 6) is -1.11. The Bertz CT molecular complexity index is 461. The Kier molecular flexibility index (Phi) is 7.47. The average Bonchev–Trinajstić information content (AvgIpc) is 2.81. The van der Waals surface area contributed by atoms with E-state index in [2.05, 4.69) is 5.32 Å². The fourth-order valence-electron chi connectivity index (χ4n) is 2.65. The first-order chi connectivity index (χ1) is 11.1. The van der Waals surface area contributed by atoms with Crippen molar-refractivity contribution in [3.63, 3.8) is 0 Å². The van der Waals surface area contributed by atoms with Crippen molar-refractivity contribution in [2.75, 3.05) is 19.6 Å². The van der Waals surface area contributed by atoms with Crippen LogP contribution in [-0.2, 0) is 14.3 Å². The average molecular weight is 343 g/mol. The quantitative estimate of drug-likeness (QED) is 0.564. The summed E-state index contributed by atoms with van der Waals surface area (Å²) in [5.41, 5.74) is 5.02. The van der Waals surface area contributed by atoms with E-state index in [0.29, 0.717) is 45.3 Å². The van der Waals surface area contributed by atoms with Gasteiger partial charge in [0.15, 0.2) is 0 Å². The molecule has 24 heavy (non-hydrogen) atoms. The molecule has 0 aromatic rings. The van der Waals surface area contributed by atoms with E-state index >= 15 is 0 Å². The van der Waals surface area contributed by atoms with Gasteiger partial charge < -0.3 is 25.8 Å². The number of nitrogens with zero attached hydrogens (tertiary/aromatic N) is 1. The molecule has 138 valence electrons. The number of hydrogen-bond acceptors (Lipinski definition) is 5. The molecule has 2 amide bonds. The number of nitrogens with two attached hydrogens (primary N) is 1. The van der Waals surface area contributed by atoms with Crippen molar-refractivity contribution < 1.29 is 24.2 Å². The Hall–Kier alpha value is -1.83. The topological polar surface area (TPSA) is 122 Å². The second-order valence-corrected chi connectivity index (χ2v) is 7.13. The summed E-state index contributed by atoms with van der Waals surface area (Å²) in [6.45, 7) is 6.54. The molecular weight excluding hydrogens is 314 g/mol. The zero-order valence-corrected chi connectivity index (χ0v) is 14.7. The minimum Gasteiger partial charge on any atom is -0.480 e. The third kappa shape index (κ3) is 6.74. The van der Waals surface area contributed by atoms with Gasteiger partial charge >= 0.3 is 12.1 Å². The number of carbonyl (C=O) groups is 3. The molecular formula is C16H29N3O5. The van der Waals surface area contributed by atoms with Crippen LogP contribution in [0.1, 0.15) is 46.5 Å². The zero-order chi connectivity index (χ0) is 18.3. The SMILES string of the molecule is CC(C)(C)OC(=O)NCCCC[C@@H](C(=O)O)N1CC(CN)CC1=O. The van der Waals surface area contributed by atoms with Crippen LogP contribution in [0.4, 0.5) is 4.79 Å². The van der Waals surface area contributed by atoms with Gasteiger partial charge in [0.1, 0.15) is 11.6 Å². The molecule has 0 bridgehead atoms. The van der Waals surface area contributed by atoms with E-state index in [1.54, 1.807) is 20.8 Å². The van der Waals surface area contributed by atoms with Crippen LogP contribution in [-0.4, -0.2) is 59.3 Å². The smallest absolute Gasteiger partial charge is 0.407 e. The lowest BCUT2D eigenvalue weighted by Gasteiger charge is -2.24. The third-order valence-corrected chi connectivity index (χ3v) is 3.81. The van der Waals surface area contributed by atoms with Crippen molar-refractivity contribution >= 4 is 18.0 Å². The van der Waals surface area contributed by atoms with Crippen molar-refractivity contribution in [2.45, 2.75) is 58.1 Å². The largest absolute Gasteiger partial charge is 0.480 e. The molecule has 4 N–H and O–H groups in total. The fourth-order valence-corrected chi connectivity index (χ4v) is 2.65. The van der Waals surface area contributed by atoms with Crippen LogP contribution in [0, 0.1) is 5.92 Å². The minimum absolute atomic E-state index is 0.0354. The minimum atomic E-state index is -0.999. The third-order valence-electron chi connectivity index (χ3n) is 3.81. The lowest BCUT2D eigenvalue weighted by Crippen LogP contribution is -2.42. The molecule has 1 aliphatic heterocycles. The Morgan fingerprint density at radius 3 is 2.58 bits per heavy atom. The molecule has 0 aliphatic carbocycles. The first-order valence-electron chi connectivity index (χ1n) is 8.33. The van der Waals surface area contributed by atoms with E-state index in [1.165, 1.54) is 4.90 Å². The van der Waals surface area contributed by atoms with Crippen molar-refractivity contribution in [2.24, 2.45) is 11.7 Å². The van der Waals surface area contributed by atoms with Gasteiger partial charge in [-0.25, -0.2) is 9.59 Å². The van der Waals surface area contributed by atoms with Crippen LogP contribution < -0.4 is 11.1 Å². The highest BCUT2D eigenvalue weighted by Crippen LogP contribution is 2.22. The Balaban J connectivity index is 2.34. The van der Waals surface area contributed by atoms with E-state index in [-0.39, 0.29) is 11.8 Å². The van der Waals surface area contributed by atoms with Crippen molar-refractivity contribution in [3.8, 4) is 0 Å². The number of alkyl carbamates (subject to hydrolysis) is 1. The molecule has 1 aliphatic rings. The van der Waals surface area contributed by atoms with Gasteiger partial charge in [-0.05, 0) is 52.5 Å². The van der Waals surface area contributed by atoms with Crippen LogP contribution in [0.5, 0.6) is 0 Å². The van der Waals surface area contributed by atoms with Crippen molar-refractivity contribution in [1.82, 2.24) is 10.2 Å². The molecule has 1 unspecified atom stereocenters. The molecule has 0 radical (unpaired) electrons. The van der Waals surface area contributed by atoms with Crippen molar-refractivity contribution in [1.29, 1.82) is 0 Å². The normalized spacial score (nSPS) is 19.2. The number of aliphatic carboxylic acids is 1. The number of unbranched alkanes of at least 4 members (excludes halogenated alkanes) is 1. The number of nitrogens with one attached hydrogen (secondary N) is 1. The highest BCUT2D eigenvalue weighted by atomic mass is 16.6. The van der Waals surface area contributed by atoms with Crippen LogP contribution in [0.15, 0.2) is 0 Å². The van der Waals surface area contributed by atoms with Gasteiger partial charge in [0, 0.05) is 19.5 Å². The molecule has 1 heterocycles.